The highest BCUT2D eigenvalue weighted by Gasteiger charge is 2.39. The molecule has 1 N–H and O–H groups in total. The zero-order chi connectivity index (χ0) is 17.2. The first-order valence-electron chi connectivity index (χ1n) is 8.71. The van der Waals surface area contributed by atoms with Gasteiger partial charge in [-0.15, -0.1) is 0 Å². The van der Waals surface area contributed by atoms with E-state index in [2.05, 4.69) is 30.9 Å². The lowest BCUT2D eigenvalue weighted by molar-refractivity contribution is -0.0474. The Hall–Kier alpha value is -1.71. The molecule has 1 saturated heterocycles. The maximum Gasteiger partial charge on any atom is 0.123 e. The number of rotatable bonds is 4. The summed E-state index contributed by atoms with van der Waals surface area (Å²) in [4.78, 5) is 2.39. The molecule has 2 nitrogen and oxygen atoms in total. The third-order valence-electron chi connectivity index (χ3n) is 5.22. The van der Waals surface area contributed by atoms with E-state index in [1.165, 1.54) is 17.7 Å². The van der Waals surface area contributed by atoms with Crippen molar-refractivity contribution in [3.8, 4) is 0 Å². The standard InChI is InChI=1S/C21H26FNO/c1-21(2)13-7-12-19(20(24)17-10-6-11-18(22)14-17)23(21)15-16-8-4-3-5-9-16/h3-6,8-11,14,19-20,24H,7,12-13,15H2,1-2H3/t19?,20-/m1/s1. The predicted octanol–water partition coefficient (Wildman–Crippen LogP) is 4.69. The highest BCUT2D eigenvalue weighted by atomic mass is 19.1. The third-order valence-corrected chi connectivity index (χ3v) is 5.22. The summed E-state index contributed by atoms with van der Waals surface area (Å²) < 4.78 is 13.6. The van der Waals surface area contributed by atoms with Gasteiger partial charge < -0.3 is 5.11 Å². The molecule has 0 spiro atoms. The molecule has 1 aliphatic heterocycles. The quantitative estimate of drug-likeness (QED) is 0.880. The zero-order valence-corrected chi connectivity index (χ0v) is 14.5. The van der Waals surface area contributed by atoms with Crippen LogP contribution >= 0.6 is 0 Å². The molecule has 2 aromatic carbocycles. The molecule has 1 fully saturated rings. The van der Waals surface area contributed by atoms with Gasteiger partial charge in [-0.05, 0) is 56.4 Å². The van der Waals surface area contributed by atoms with Crippen molar-refractivity contribution in [2.24, 2.45) is 0 Å². The minimum atomic E-state index is -0.677. The Labute approximate surface area is 143 Å². The van der Waals surface area contributed by atoms with Gasteiger partial charge in [0.05, 0.1) is 6.10 Å². The number of hydrogen-bond acceptors (Lipinski definition) is 2. The van der Waals surface area contributed by atoms with Crippen LogP contribution in [0.4, 0.5) is 4.39 Å². The van der Waals surface area contributed by atoms with Gasteiger partial charge in [-0.25, -0.2) is 4.39 Å². The number of aliphatic hydroxyl groups is 1. The molecule has 0 aliphatic carbocycles. The van der Waals surface area contributed by atoms with Crippen LogP contribution in [0.5, 0.6) is 0 Å². The number of halogens is 1. The van der Waals surface area contributed by atoms with Gasteiger partial charge >= 0.3 is 0 Å². The van der Waals surface area contributed by atoms with Crippen LogP contribution in [-0.2, 0) is 6.54 Å². The lowest BCUT2D eigenvalue weighted by atomic mass is 9.82. The van der Waals surface area contributed by atoms with Gasteiger partial charge in [-0.2, -0.15) is 0 Å². The van der Waals surface area contributed by atoms with Crippen LogP contribution in [0.25, 0.3) is 0 Å². The first-order chi connectivity index (χ1) is 11.5. The molecule has 3 heteroatoms. The first-order valence-corrected chi connectivity index (χ1v) is 8.71. The van der Waals surface area contributed by atoms with Crippen molar-refractivity contribution in [2.75, 3.05) is 0 Å². The van der Waals surface area contributed by atoms with Crippen LogP contribution in [0, 0.1) is 5.82 Å². The summed E-state index contributed by atoms with van der Waals surface area (Å²) in [6, 6.07) is 16.7. The Bertz CT molecular complexity index is 671. The molecule has 0 radical (unpaired) electrons. The molecule has 0 saturated carbocycles. The fraction of sp³-hybridized carbons (Fsp3) is 0.429. The molecule has 1 unspecified atom stereocenters. The third kappa shape index (κ3) is 3.68. The summed E-state index contributed by atoms with van der Waals surface area (Å²) in [5.74, 6) is -0.295. The van der Waals surface area contributed by atoms with Crippen LogP contribution in [0.15, 0.2) is 54.6 Å². The molecule has 2 aromatic rings. The van der Waals surface area contributed by atoms with Gasteiger partial charge in [-0.3, -0.25) is 4.90 Å². The van der Waals surface area contributed by atoms with Crippen molar-refractivity contribution in [3.63, 3.8) is 0 Å². The van der Waals surface area contributed by atoms with Crippen molar-refractivity contribution in [1.82, 2.24) is 4.90 Å². The van der Waals surface area contributed by atoms with Crippen molar-refractivity contribution in [3.05, 3.63) is 71.5 Å². The van der Waals surface area contributed by atoms with E-state index in [0.29, 0.717) is 5.56 Å². The molecule has 0 amide bonds. The van der Waals surface area contributed by atoms with Crippen LogP contribution in [0.2, 0.25) is 0 Å². The molecule has 128 valence electrons. The zero-order valence-electron chi connectivity index (χ0n) is 14.5. The maximum absolute atomic E-state index is 13.6. The Morgan fingerprint density at radius 2 is 1.92 bits per heavy atom. The lowest BCUT2D eigenvalue weighted by Gasteiger charge is -2.49. The molecule has 1 aliphatic rings. The summed E-state index contributed by atoms with van der Waals surface area (Å²) in [5, 5.41) is 10.9. The van der Waals surface area contributed by atoms with Gasteiger partial charge in [-0.1, -0.05) is 42.5 Å². The summed E-state index contributed by atoms with van der Waals surface area (Å²) in [5.41, 5.74) is 1.91. The van der Waals surface area contributed by atoms with Crippen molar-refractivity contribution in [1.29, 1.82) is 0 Å². The fourth-order valence-corrected chi connectivity index (χ4v) is 3.84. The number of nitrogens with zero attached hydrogens (tertiary/aromatic N) is 1. The number of benzene rings is 2. The van der Waals surface area contributed by atoms with E-state index in [9.17, 15) is 9.50 Å². The van der Waals surface area contributed by atoms with Gasteiger partial charge in [0.15, 0.2) is 0 Å². The van der Waals surface area contributed by atoms with E-state index < -0.39 is 6.10 Å². The van der Waals surface area contributed by atoms with E-state index in [1.807, 2.05) is 24.3 Å². The average Bonchev–Trinajstić information content (AvgIpc) is 2.57. The largest absolute Gasteiger partial charge is 0.387 e. The van der Waals surface area contributed by atoms with E-state index in [-0.39, 0.29) is 17.4 Å². The second kappa shape index (κ2) is 7.04. The van der Waals surface area contributed by atoms with E-state index in [1.54, 1.807) is 6.07 Å². The number of likely N-dealkylation sites (tertiary alicyclic amines) is 1. The Morgan fingerprint density at radius 3 is 2.62 bits per heavy atom. The van der Waals surface area contributed by atoms with Crippen LogP contribution in [-0.4, -0.2) is 21.6 Å². The van der Waals surface area contributed by atoms with Gasteiger partial charge in [0, 0.05) is 18.1 Å². The van der Waals surface area contributed by atoms with Gasteiger partial charge in [0.1, 0.15) is 5.82 Å². The molecule has 0 bridgehead atoms. The Morgan fingerprint density at radius 1 is 1.17 bits per heavy atom. The number of piperidine rings is 1. The first kappa shape index (κ1) is 17.1. The van der Waals surface area contributed by atoms with E-state index in [4.69, 9.17) is 0 Å². The summed E-state index contributed by atoms with van der Waals surface area (Å²) in [6.45, 7) is 5.27. The molecule has 2 atom stereocenters. The molecule has 3 rings (SSSR count). The molecule has 0 aromatic heterocycles. The van der Waals surface area contributed by atoms with Crippen LogP contribution in [0.1, 0.15) is 50.3 Å². The Kier molecular flexibility index (Phi) is 5.02. The minimum absolute atomic E-state index is 0.00393. The highest BCUT2D eigenvalue weighted by molar-refractivity contribution is 5.22. The lowest BCUT2D eigenvalue weighted by Crippen LogP contribution is -2.54. The van der Waals surface area contributed by atoms with Crippen LogP contribution in [0.3, 0.4) is 0 Å². The second-order valence-electron chi connectivity index (χ2n) is 7.39. The second-order valence-corrected chi connectivity index (χ2v) is 7.39. The predicted molar refractivity (Wildman–Crippen MR) is 95.1 cm³/mol. The van der Waals surface area contributed by atoms with Gasteiger partial charge in [0.2, 0.25) is 0 Å². The summed E-state index contributed by atoms with van der Waals surface area (Å²) in [7, 11) is 0. The topological polar surface area (TPSA) is 23.5 Å². The monoisotopic (exact) mass is 327 g/mol. The maximum atomic E-state index is 13.6. The van der Waals surface area contributed by atoms with Crippen molar-refractivity contribution < 1.29 is 9.50 Å². The molecule has 1 heterocycles. The van der Waals surface area contributed by atoms with E-state index >= 15 is 0 Å². The van der Waals surface area contributed by atoms with E-state index in [0.717, 1.165) is 25.8 Å². The number of aliphatic hydroxyl groups excluding tert-OH is 1. The minimum Gasteiger partial charge on any atom is -0.387 e. The molecule has 24 heavy (non-hydrogen) atoms. The summed E-state index contributed by atoms with van der Waals surface area (Å²) >= 11 is 0. The summed E-state index contributed by atoms with van der Waals surface area (Å²) in [6.07, 6.45) is 2.43. The van der Waals surface area contributed by atoms with Crippen molar-refractivity contribution in [2.45, 2.75) is 57.3 Å². The number of hydrogen-bond donors (Lipinski definition) is 1. The fourth-order valence-electron chi connectivity index (χ4n) is 3.84. The highest BCUT2D eigenvalue weighted by Crippen LogP contribution is 2.38. The van der Waals surface area contributed by atoms with Crippen molar-refractivity contribution >= 4 is 0 Å². The normalized spacial score (nSPS) is 22.2. The SMILES string of the molecule is CC1(C)CCCC([C@H](O)c2cccc(F)c2)N1Cc1ccccc1. The average molecular weight is 327 g/mol. The van der Waals surface area contributed by atoms with Crippen LogP contribution < -0.4 is 0 Å². The smallest absolute Gasteiger partial charge is 0.123 e. The van der Waals surface area contributed by atoms with Gasteiger partial charge in [0.25, 0.3) is 0 Å². The Balaban J connectivity index is 1.88. The molecular formula is C21H26FNO. The molecular weight excluding hydrogens is 301 g/mol.